The lowest BCUT2D eigenvalue weighted by atomic mass is 10.1. The van der Waals surface area contributed by atoms with Crippen molar-refractivity contribution in [3.05, 3.63) is 39.3 Å². The summed E-state index contributed by atoms with van der Waals surface area (Å²) < 4.78 is 1.60. The van der Waals surface area contributed by atoms with Crippen LogP contribution in [-0.2, 0) is 7.05 Å². The fourth-order valence-electron chi connectivity index (χ4n) is 2.01. The minimum Gasteiger partial charge on any atom is -0.296 e. The van der Waals surface area contributed by atoms with Gasteiger partial charge in [-0.3, -0.25) is 9.36 Å². The summed E-state index contributed by atoms with van der Waals surface area (Å²) in [6, 6.07) is 3.70. The van der Waals surface area contributed by atoms with E-state index in [0.717, 1.165) is 22.3 Å². The second kappa shape index (κ2) is 3.19. The Morgan fingerprint density at radius 3 is 2.40 bits per heavy atom. The Bertz CT molecular complexity index is 597. The smallest absolute Gasteiger partial charge is 0.252 e. The Kier molecular flexibility index (Phi) is 2.11. The summed E-state index contributed by atoms with van der Waals surface area (Å²) >= 11 is 0. The number of rotatable bonds is 0. The van der Waals surface area contributed by atoms with E-state index in [1.165, 1.54) is 5.56 Å². The molecule has 2 heterocycles. The van der Waals surface area contributed by atoms with Gasteiger partial charge in [0.2, 0.25) is 0 Å². The number of aromatic nitrogens is 2. The van der Waals surface area contributed by atoms with Gasteiger partial charge in [0.25, 0.3) is 5.56 Å². The molecule has 0 spiro atoms. The van der Waals surface area contributed by atoms with E-state index < -0.39 is 0 Å². The van der Waals surface area contributed by atoms with E-state index in [2.05, 4.69) is 11.9 Å². The minimum absolute atomic E-state index is 0.00231. The molecule has 0 aliphatic rings. The van der Waals surface area contributed by atoms with Crippen molar-refractivity contribution in [3.8, 4) is 0 Å². The predicted octanol–water partition coefficient (Wildman–Crippen LogP) is 1.86. The lowest BCUT2D eigenvalue weighted by molar-refractivity contribution is 0.879. The van der Waals surface area contributed by atoms with Crippen LogP contribution in [0.1, 0.15) is 16.8 Å². The lowest BCUT2D eigenvalue weighted by Crippen LogP contribution is -2.18. The van der Waals surface area contributed by atoms with Gasteiger partial charge in [0.05, 0.1) is 0 Å². The molecule has 0 aliphatic carbocycles. The fourth-order valence-corrected chi connectivity index (χ4v) is 2.01. The van der Waals surface area contributed by atoms with Crippen molar-refractivity contribution < 1.29 is 0 Å². The normalized spacial score (nSPS) is 10.9. The van der Waals surface area contributed by atoms with Gasteiger partial charge in [0.1, 0.15) is 5.65 Å². The highest BCUT2D eigenvalue weighted by atomic mass is 16.1. The lowest BCUT2D eigenvalue weighted by Gasteiger charge is -2.09. The van der Waals surface area contributed by atoms with Crippen molar-refractivity contribution in [1.29, 1.82) is 0 Å². The Morgan fingerprint density at radius 1 is 1.13 bits per heavy atom. The van der Waals surface area contributed by atoms with Crippen molar-refractivity contribution in [2.24, 2.45) is 7.05 Å². The van der Waals surface area contributed by atoms with E-state index >= 15 is 0 Å². The van der Waals surface area contributed by atoms with Crippen LogP contribution in [0.2, 0.25) is 0 Å². The van der Waals surface area contributed by atoms with E-state index in [0.29, 0.717) is 0 Å². The molecule has 78 valence electrons. The highest BCUT2D eigenvalue weighted by Gasteiger charge is 2.07. The first-order valence-corrected chi connectivity index (χ1v) is 4.95. The van der Waals surface area contributed by atoms with E-state index in [1.54, 1.807) is 17.7 Å². The van der Waals surface area contributed by atoms with Crippen LogP contribution in [0, 0.1) is 20.8 Å². The first kappa shape index (κ1) is 9.90. The van der Waals surface area contributed by atoms with Gasteiger partial charge < -0.3 is 0 Å². The van der Waals surface area contributed by atoms with Gasteiger partial charge in [-0.1, -0.05) is 0 Å². The van der Waals surface area contributed by atoms with Gasteiger partial charge >= 0.3 is 0 Å². The van der Waals surface area contributed by atoms with Crippen LogP contribution in [0.15, 0.2) is 16.9 Å². The molecule has 0 radical (unpaired) electrons. The number of pyridine rings is 2. The first-order valence-electron chi connectivity index (χ1n) is 4.95. The molecule has 0 amide bonds. The van der Waals surface area contributed by atoms with Gasteiger partial charge in [-0.05, 0) is 38.0 Å². The van der Waals surface area contributed by atoms with Gasteiger partial charge in [-0.2, -0.15) is 0 Å². The van der Waals surface area contributed by atoms with Crippen molar-refractivity contribution >= 4 is 11.0 Å². The Morgan fingerprint density at radius 2 is 1.73 bits per heavy atom. The van der Waals surface area contributed by atoms with Crippen LogP contribution in [0.25, 0.3) is 11.0 Å². The zero-order chi connectivity index (χ0) is 11.2. The molecule has 2 rings (SSSR count). The molecule has 2 aromatic rings. The van der Waals surface area contributed by atoms with Crippen LogP contribution >= 0.6 is 0 Å². The molecule has 0 aromatic carbocycles. The highest BCUT2D eigenvalue weighted by molar-refractivity contribution is 5.82. The summed E-state index contributed by atoms with van der Waals surface area (Å²) in [6.45, 7) is 5.95. The second-order valence-corrected chi connectivity index (χ2v) is 4.00. The average molecular weight is 202 g/mol. The SMILES string of the molecule is Cc1cc(C)c2c(C)cc(=O)n(C)c2n1. The monoisotopic (exact) mass is 202 g/mol. The van der Waals surface area contributed by atoms with Crippen LogP contribution in [-0.4, -0.2) is 9.55 Å². The number of aryl methyl sites for hydroxylation is 4. The number of hydrogen-bond acceptors (Lipinski definition) is 2. The van der Waals surface area contributed by atoms with Gasteiger partial charge in [0.15, 0.2) is 0 Å². The third kappa shape index (κ3) is 1.44. The summed E-state index contributed by atoms with van der Waals surface area (Å²) in [4.78, 5) is 16.0. The van der Waals surface area contributed by atoms with E-state index in [1.807, 2.05) is 19.9 Å². The van der Waals surface area contributed by atoms with Crippen LogP contribution in [0.5, 0.6) is 0 Å². The Labute approximate surface area is 88.4 Å². The zero-order valence-corrected chi connectivity index (χ0v) is 9.46. The van der Waals surface area contributed by atoms with Crippen molar-refractivity contribution in [3.63, 3.8) is 0 Å². The third-order valence-electron chi connectivity index (χ3n) is 2.71. The maximum atomic E-state index is 11.6. The molecule has 15 heavy (non-hydrogen) atoms. The van der Waals surface area contributed by atoms with Gasteiger partial charge in [-0.25, -0.2) is 4.98 Å². The summed E-state index contributed by atoms with van der Waals surface area (Å²) in [6.07, 6.45) is 0. The first-order chi connectivity index (χ1) is 7.00. The second-order valence-electron chi connectivity index (χ2n) is 4.00. The van der Waals surface area contributed by atoms with Crippen molar-refractivity contribution in [1.82, 2.24) is 9.55 Å². The highest BCUT2D eigenvalue weighted by Crippen LogP contribution is 2.19. The maximum Gasteiger partial charge on any atom is 0.252 e. The van der Waals surface area contributed by atoms with Crippen LogP contribution < -0.4 is 5.56 Å². The summed E-state index contributed by atoms with van der Waals surface area (Å²) in [5.74, 6) is 0. The number of hydrogen-bond donors (Lipinski definition) is 0. The number of nitrogens with zero attached hydrogens (tertiary/aromatic N) is 2. The molecular weight excluding hydrogens is 188 g/mol. The molecular formula is C12H14N2O. The maximum absolute atomic E-state index is 11.6. The molecule has 0 atom stereocenters. The molecule has 0 saturated heterocycles. The van der Waals surface area contributed by atoms with E-state index in [9.17, 15) is 4.79 Å². The van der Waals surface area contributed by atoms with Crippen molar-refractivity contribution in [2.45, 2.75) is 20.8 Å². The molecule has 0 bridgehead atoms. The van der Waals surface area contributed by atoms with Gasteiger partial charge in [0, 0.05) is 24.2 Å². The molecule has 0 N–H and O–H groups in total. The minimum atomic E-state index is -0.00231. The van der Waals surface area contributed by atoms with Crippen molar-refractivity contribution in [2.75, 3.05) is 0 Å². The molecule has 0 fully saturated rings. The zero-order valence-electron chi connectivity index (χ0n) is 9.46. The van der Waals surface area contributed by atoms with E-state index in [4.69, 9.17) is 0 Å². The fraction of sp³-hybridized carbons (Fsp3) is 0.333. The van der Waals surface area contributed by atoms with Gasteiger partial charge in [-0.15, -0.1) is 0 Å². The average Bonchev–Trinajstić information content (AvgIpc) is 2.12. The largest absolute Gasteiger partial charge is 0.296 e. The summed E-state index contributed by atoms with van der Waals surface area (Å²) in [5, 5.41) is 1.09. The molecule has 0 aliphatic heterocycles. The molecule has 3 nitrogen and oxygen atoms in total. The quantitative estimate of drug-likeness (QED) is 0.653. The molecule has 0 unspecified atom stereocenters. The predicted molar refractivity (Wildman–Crippen MR) is 61.2 cm³/mol. The van der Waals surface area contributed by atoms with Crippen LogP contribution in [0.4, 0.5) is 0 Å². The third-order valence-corrected chi connectivity index (χ3v) is 2.71. The standard InChI is InChI=1S/C12H14N2O/c1-7-5-9(3)13-12-11(7)8(2)6-10(15)14(12)4/h5-6H,1-4H3. The summed E-state index contributed by atoms with van der Waals surface area (Å²) in [7, 11) is 1.76. The molecule has 3 heteroatoms. The van der Waals surface area contributed by atoms with E-state index in [-0.39, 0.29) is 5.56 Å². The number of fused-ring (bicyclic) bond motifs is 1. The Hall–Kier alpha value is -1.64. The summed E-state index contributed by atoms with van der Waals surface area (Å²) in [5.41, 5.74) is 3.89. The topological polar surface area (TPSA) is 34.9 Å². The van der Waals surface area contributed by atoms with Crippen LogP contribution in [0.3, 0.4) is 0 Å². The molecule has 2 aromatic heterocycles. The Balaban J connectivity index is 3.09. The molecule has 0 saturated carbocycles.